The number of aromatic hydroxyl groups is 1. The van der Waals surface area contributed by atoms with E-state index in [2.05, 4.69) is 58.5 Å². The van der Waals surface area contributed by atoms with Crippen LogP contribution in [0.5, 0.6) is 5.75 Å². The van der Waals surface area contributed by atoms with Crippen molar-refractivity contribution in [1.82, 2.24) is 63.4 Å². The van der Waals surface area contributed by atoms with Gasteiger partial charge in [0.1, 0.15) is 66.2 Å². The highest BCUT2D eigenvalue weighted by atomic mass is 16.4. The second-order valence-electron chi connectivity index (χ2n) is 25.6. The number of carboxylic acid groups (broad SMARTS) is 1. The zero-order chi connectivity index (χ0) is 73.5. The van der Waals surface area contributed by atoms with Crippen LogP contribution in [0.4, 0.5) is 0 Å². The molecular formula is C76H96N12O14. The zero-order valence-electron chi connectivity index (χ0n) is 58.1. The first-order valence-corrected chi connectivity index (χ1v) is 34.6. The molecule has 1 heterocycles. The van der Waals surface area contributed by atoms with E-state index in [4.69, 9.17) is 0 Å². The molecule has 6 aromatic carbocycles. The van der Waals surface area contributed by atoms with Crippen molar-refractivity contribution in [2.45, 2.75) is 158 Å². The van der Waals surface area contributed by atoms with E-state index in [1.54, 1.807) is 105 Å². The Hall–Kier alpha value is -10.6. The number of carbonyl (C=O) groups excluding carboxylic acids is 10. The molecule has 26 heteroatoms. The lowest BCUT2D eigenvalue weighted by Crippen LogP contribution is -2.61. The van der Waals surface area contributed by atoms with Crippen molar-refractivity contribution in [3.63, 3.8) is 0 Å². The highest BCUT2D eigenvalue weighted by Crippen LogP contribution is 2.22. The second-order valence-corrected chi connectivity index (χ2v) is 25.6. The number of likely N-dealkylation sites (tertiary alicyclic amines) is 1. The summed E-state index contributed by atoms with van der Waals surface area (Å²) in [7, 11) is 3.53. The molecule has 0 bridgehead atoms. The lowest BCUT2D eigenvalue weighted by molar-refractivity contribution is -0.144. The fourth-order valence-electron chi connectivity index (χ4n) is 12.1. The van der Waals surface area contributed by atoms with Crippen molar-refractivity contribution in [3.05, 3.63) is 186 Å². The van der Waals surface area contributed by atoms with Gasteiger partial charge in [-0.3, -0.25) is 52.7 Å². The number of rotatable bonds is 40. The van der Waals surface area contributed by atoms with Gasteiger partial charge in [0.2, 0.25) is 59.1 Å². The standard InChI is InChI=1S/C76H96N12O14/c1-48(76(101)102)79-74(99)66-31-20-40-88(66)75(100)59(30-17-19-39-78-4)82-70(95)61(42-50-21-8-5-9-22-50)83-67(92)58(29-16-18-38-77-3)81-69(94)64(45-53-33-36-57(91)37-34-53)86-73(98)65(47-89)87-72(97)63(44-52-25-12-7-13-26-52)85-71(96)62(43-51-23-10-6-11-24-51)84-68(93)60(80-49(2)90)46-54-32-35-55-27-14-15-28-56(55)41-54/h5-15,21-28,32-37,41,48,58-66,77-78,89,91H,16-20,29-31,38-40,42-47H2,1-4H3,(H,79,99)(H,80,90)(H,81,94)(H,82,95)(H,83,92)(H,84,93)(H,85,96)(H,86,98)(H,87,97)(H,101,102)/t48-,58-,59+,60-,61+,62-,63-,64+,65+,66-/m1/s1. The average molecular weight is 1400 g/mol. The van der Waals surface area contributed by atoms with Gasteiger partial charge in [0.25, 0.3) is 0 Å². The lowest BCUT2D eigenvalue weighted by Gasteiger charge is -2.31. The van der Waals surface area contributed by atoms with E-state index in [0.29, 0.717) is 67.4 Å². The first-order chi connectivity index (χ1) is 49.1. The molecule has 10 atom stereocenters. The van der Waals surface area contributed by atoms with Crippen LogP contribution in [-0.4, -0.2) is 186 Å². The molecule has 0 spiro atoms. The van der Waals surface area contributed by atoms with Crippen LogP contribution in [0.25, 0.3) is 10.8 Å². The topological polar surface area (TPSA) is 384 Å². The molecule has 1 aliphatic rings. The van der Waals surface area contributed by atoms with E-state index in [1.165, 1.54) is 43.0 Å². The van der Waals surface area contributed by atoms with Crippen molar-refractivity contribution in [1.29, 1.82) is 0 Å². The van der Waals surface area contributed by atoms with Gasteiger partial charge in [-0.1, -0.05) is 146 Å². The maximum atomic E-state index is 15.0. The summed E-state index contributed by atoms with van der Waals surface area (Å²) in [5.74, 6) is -9.00. The maximum Gasteiger partial charge on any atom is 0.325 e. The first kappa shape index (κ1) is 78.8. The Morgan fingerprint density at radius 2 is 0.804 bits per heavy atom. The molecule has 7 rings (SSSR count). The number of aliphatic carboxylic acids is 1. The third kappa shape index (κ3) is 24.9. The number of phenols is 1. The molecule has 102 heavy (non-hydrogen) atoms. The molecule has 544 valence electrons. The van der Waals surface area contributed by atoms with E-state index in [0.717, 1.165) is 16.3 Å². The van der Waals surface area contributed by atoms with Crippen LogP contribution >= 0.6 is 0 Å². The van der Waals surface area contributed by atoms with Crippen LogP contribution in [0.2, 0.25) is 0 Å². The van der Waals surface area contributed by atoms with Gasteiger partial charge in [-0.15, -0.1) is 0 Å². The van der Waals surface area contributed by atoms with Gasteiger partial charge in [-0.25, -0.2) is 0 Å². The number of benzene rings is 6. The van der Waals surface area contributed by atoms with Crippen LogP contribution in [0.15, 0.2) is 158 Å². The van der Waals surface area contributed by atoms with Gasteiger partial charge in [-0.05, 0) is 136 Å². The SMILES string of the molecule is CNCCCC[C@H](NC(=O)[C@H](Cc1ccccc1)NC(=O)[C@@H](CCCCNC)NC(=O)[C@H](Cc1ccc(O)cc1)NC(=O)[C@H](CO)NC(=O)[C@@H](Cc1ccccc1)NC(=O)[C@@H](Cc1ccccc1)NC(=O)[C@@H](Cc1ccc2ccccc2c1)NC(C)=O)C(=O)N1CCC[C@@H]1C(=O)N[C@H](C)C(=O)O. The molecule has 14 N–H and O–H groups in total. The number of amides is 10. The fourth-order valence-corrected chi connectivity index (χ4v) is 12.1. The predicted molar refractivity (Wildman–Crippen MR) is 384 cm³/mol. The number of carboxylic acids is 1. The molecule has 26 nitrogen and oxygen atoms in total. The van der Waals surface area contributed by atoms with Crippen molar-refractivity contribution in [2.24, 2.45) is 0 Å². The molecule has 1 aliphatic heterocycles. The summed E-state index contributed by atoms with van der Waals surface area (Å²) in [6.07, 6.45) is 2.37. The summed E-state index contributed by atoms with van der Waals surface area (Å²) in [6, 6.07) is 31.9. The lowest BCUT2D eigenvalue weighted by atomic mass is 9.99. The summed E-state index contributed by atoms with van der Waals surface area (Å²) in [6.45, 7) is 2.86. The molecular weight excluding hydrogens is 1300 g/mol. The minimum Gasteiger partial charge on any atom is -0.508 e. The van der Waals surface area contributed by atoms with Gasteiger partial charge in [0, 0.05) is 45.6 Å². The number of nitrogens with zero attached hydrogens (tertiary/aromatic N) is 1. The van der Waals surface area contributed by atoms with E-state index < -0.39 is 132 Å². The van der Waals surface area contributed by atoms with Gasteiger partial charge in [0.15, 0.2) is 0 Å². The molecule has 0 aliphatic carbocycles. The number of aliphatic hydroxyl groups excluding tert-OH is 1. The summed E-state index contributed by atoms with van der Waals surface area (Å²) in [5.41, 5.74) is 3.02. The second kappa shape index (κ2) is 40.6. The maximum absolute atomic E-state index is 15.0. The Morgan fingerprint density at radius 1 is 0.431 bits per heavy atom. The number of hydrogen-bond acceptors (Lipinski definition) is 15. The van der Waals surface area contributed by atoms with Gasteiger partial charge >= 0.3 is 5.97 Å². The molecule has 0 unspecified atom stereocenters. The molecule has 0 radical (unpaired) electrons. The Labute approximate surface area is 594 Å². The predicted octanol–water partition coefficient (Wildman–Crippen LogP) is 2.31. The highest BCUT2D eigenvalue weighted by molar-refractivity contribution is 5.99. The summed E-state index contributed by atoms with van der Waals surface area (Å²) in [4.78, 5) is 157. The molecule has 0 aromatic heterocycles. The van der Waals surface area contributed by atoms with Crippen molar-refractivity contribution >= 4 is 75.8 Å². The van der Waals surface area contributed by atoms with Crippen LogP contribution in [-0.2, 0) is 84.8 Å². The molecule has 0 saturated carbocycles. The number of carbonyl (C=O) groups is 11. The number of fused-ring (bicyclic) bond motifs is 1. The highest BCUT2D eigenvalue weighted by Gasteiger charge is 2.40. The Morgan fingerprint density at radius 3 is 1.25 bits per heavy atom. The van der Waals surface area contributed by atoms with Crippen LogP contribution in [0, 0.1) is 0 Å². The minimum absolute atomic E-state index is 0.0191. The summed E-state index contributed by atoms with van der Waals surface area (Å²) in [5, 5.41) is 63.2. The normalized spacial score (nSPS) is 15.3. The number of phenolic OH excluding ortho intramolecular Hbond substituents is 1. The zero-order valence-corrected chi connectivity index (χ0v) is 58.1. The third-order valence-corrected chi connectivity index (χ3v) is 17.7. The van der Waals surface area contributed by atoms with E-state index >= 15 is 0 Å². The molecule has 10 amide bonds. The third-order valence-electron chi connectivity index (χ3n) is 17.7. The number of unbranched alkanes of at least 4 members (excludes halogenated alkanes) is 2. The average Bonchev–Trinajstić information content (AvgIpc) is 1.56. The summed E-state index contributed by atoms with van der Waals surface area (Å²) < 4.78 is 0. The first-order valence-electron chi connectivity index (χ1n) is 34.6. The van der Waals surface area contributed by atoms with Crippen LogP contribution in [0.3, 0.4) is 0 Å². The van der Waals surface area contributed by atoms with Crippen LogP contribution < -0.4 is 58.5 Å². The van der Waals surface area contributed by atoms with Crippen molar-refractivity contribution in [3.8, 4) is 5.75 Å². The van der Waals surface area contributed by atoms with Gasteiger partial charge < -0.3 is 78.7 Å². The Bertz CT molecular complexity index is 3780. The largest absolute Gasteiger partial charge is 0.508 e. The van der Waals surface area contributed by atoms with E-state index in [1.807, 2.05) is 42.5 Å². The molecule has 1 saturated heterocycles. The van der Waals surface area contributed by atoms with E-state index in [-0.39, 0.29) is 63.7 Å². The van der Waals surface area contributed by atoms with Gasteiger partial charge in [0.05, 0.1) is 6.61 Å². The molecule has 6 aromatic rings. The monoisotopic (exact) mass is 1400 g/mol. The summed E-state index contributed by atoms with van der Waals surface area (Å²) >= 11 is 0. The fraction of sp³-hybridized carbons (Fsp3) is 0.408. The Balaban J connectivity index is 1.13. The number of nitrogens with one attached hydrogen (secondary N) is 11. The number of aliphatic hydroxyl groups is 1. The minimum atomic E-state index is -1.78. The van der Waals surface area contributed by atoms with Crippen molar-refractivity contribution in [2.75, 3.05) is 40.3 Å². The quantitative estimate of drug-likeness (QED) is 0.0246. The van der Waals surface area contributed by atoms with E-state index in [9.17, 15) is 68.1 Å². The van der Waals surface area contributed by atoms with Crippen LogP contribution in [0.1, 0.15) is 93.0 Å². The Kier molecular flexibility index (Phi) is 31.4. The smallest absolute Gasteiger partial charge is 0.325 e. The number of hydrogen-bond donors (Lipinski definition) is 14. The molecule has 1 fully saturated rings. The van der Waals surface area contributed by atoms with Gasteiger partial charge in [-0.2, -0.15) is 0 Å². The van der Waals surface area contributed by atoms with Crippen molar-refractivity contribution < 1.29 is 68.1 Å².